The van der Waals surface area contributed by atoms with Crippen molar-refractivity contribution in [2.45, 2.75) is 9.79 Å². The van der Waals surface area contributed by atoms with E-state index in [0.717, 1.165) is 6.07 Å². The van der Waals surface area contributed by atoms with Crippen LogP contribution in [0.1, 0.15) is 0 Å². The molecule has 0 amide bonds. The Kier molecular flexibility index (Phi) is 9.51. The third-order valence-electron chi connectivity index (χ3n) is 3.99. The van der Waals surface area contributed by atoms with Gasteiger partial charge in [-0.3, -0.25) is 19.2 Å². The van der Waals surface area contributed by atoms with E-state index in [1.165, 1.54) is 36.4 Å². The van der Waals surface area contributed by atoms with Crippen molar-refractivity contribution < 1.29 is 30.9 Å². The van der Waals surface area contributed by atoms with Gasteiger partial charge in [0.1, 0.15) is 10.6 Å². The van der Waals surface area contributed by atoms with Crippen LogP contribution in [-0.2, 0) is 20.2 Å². The molecule has 0 saturated carbocycles. The Balaban J connectivity index is 0.00000256. The van der Waals surface area contributed by atoms with Crippen molar-refractivity contribution in [3.05, 3.63) is 58.6 Å². The standard InChI is InChI=1S/C16H12N4O8S2.2Na/c17-12-6-5-10-11(7-9(29(23,24)25)8-15(10)30(26,27)28)16(12)19-18-13-3-1-2-4-14(13)20(21)22;;/h1-8H,17H2,(H,23,24,25)(H,26,27,28);;. The molecule has 32 heavy (non-hydrogen) atoms. The van der Waals surface area contributed by atoms with Crippen LogP contribution in [0.25, 0.3) is 10.8 Å². The first-order valence-corrected chi connectivity index (χ1v) is 10.7. The second kappa shape index (κ2) is 10.6. The molecule has 2 radical (unpaired) electrons. The third-order valence-corrected chi connectivity index (χ3v) is 5.71. The van der Waals surface area contributed by atoms with Gasteiger partial charge >= 0.3 is 0 Å². The molecule has 0 unspecified atom stereocenters. The van der Waals surface area contributed by atoms with Gasteiger partial charge in [-0.2, -0.15) is 16.8 Å². The largest absolute Gasteiger partial charge is 0.397 e. The molecule has 0 aromatic heterocycles. The summed E-state index contributed by atoms with van der Waals surface area (Å²) in [6.45, 7) is 0. The van der Waals surface area contributed by atoms with E-state index in [1.54, 1.807) is 0 Å². The molecule has 0 bridgehead atoms. The first-order valence-electron chi connectivity index (χ1n) is 7.86. The van der Waals surface area contributed by atoms with E-state index in [4.69, 9.17) is 5.73 Å². The first kappa shape index (κ1) is 28.6. The number of nitrogens with zero attached hydrogens (tertiary/aromatic N) is 3. The molecule has 12 nitrogen and oxygen atoms in total. The SMILES string of the molecule is Nc1ccc2c(S(=O)(=O)O)cc(S(=O)(=O)O)cc2c1N=Nc1ccccc1[N+](=O)[O-].[Na].[Na]. The molecule has 0 fully saturated rings. The molecule has 0 aliphatic rings. The summed E-state index contributed by atoms with van der Waals surface area (Å²) in [4.78, 5) is 8.78. The van der Waals surface area contributed by atoms with E-state index in [9.17, 15) is 36.1 Å². The van der Waals surface area contributed by atoms with Gasteiger partial charge in [-0.1, -0.05) is 18.2 Å². The summed E-state index contributed by atoms with van der Waals surface area (Å²) in [7, 11) is -9.77. The normalized spacial score (nSPS) is 11.7. The van der Waals surface area contributed by atoms with Gasteiger partial charge in [0.05, 0.1) is 15.5 Å². The molecule has 0 spiro atoms. The zero-order valence-electron chi connectivity index (χ0n) is 16.7. The monoisotopic (exact) mass is 498 g/mol. The van der Waals surface area contributed by atoms with Crippen LogP contribution in [0.4, 0.5) is 22.7 Å². The summed E-state index contributed by atoms with van der Waals surface area (Å²) in [5.74, 6) is 0. The number of nitrogen functional groups attached to an aromatic ring is 1. The van der Waals surface area contributed by atoms with Gasteiger partial charge in [-0.25, -0.2) is 0 Å². The molecule has 3 rings (SSSR count). The quantitative estimate of drug-likeness (QED) is 0.118. The molecule has 3 aromatic rings. The third kappa shape index (κ3) is 6.11. The fourth-order valence-corrected chi connectivity index (χ4v) is 4.00. The maximum Gasteiger partial charge on any atom is 0.296 e. The van der Waals surface area contributed by atoms with Crippen LogP contribution < -0.4 is 5.73 Å². The summed E-state index contributed by atoms with van der Waals surface area (Å²) in [5, 5.41) is 18.4. The van der Waals surface area contributed by atoms with Crippen molar-refractivity contribution in [1.29, 1.82) is 0 Å². The summed E-state index contributed by atoms with van der Waals surface area (Å²) < 4.78 is 65.4. The Morgan fingerprint density at radius 1 is 0.875 bits per heavy atom. The first-order chi connectivity index (χ1) is 13.9. The molecule has 0 atom stereocenters. The topological polar surface area (TPSA) is 203 Å². The Morgan fingerprint density at radius 3 is 2.06 bits per heavy atom. The number of nitrogens with two attached hydrogens (primary N) is 1. The van der Waals surface area contributed by atoms with E-state index >= 15 is 0 Å². The van der Waals surface area contributed by atoms with E-state index in [1.807, 2.05) is 0 Å². The summed E-state index contributed by atoms with van der Waals surface area (Å²) in [5.41, 5.74) is 5.06. The van der Waals surface area contributed by atoms with Gasteiger partial charge in [-0.05, 0) is 24.3 Å². The molecule has 158 valence electrons. The fourth-order valence-electron chi connectivity index (χ4n) is 2.66. The van der Waals surface area contributed by atoms with Crippen molar-refractivity contribution in [1.82, 2.24) is 0 Å². The van der Waals surface area contributed by atoms with Crippen LogP contribution in [0.15, 0.2) is 68.6 Å². The second-order valence-corrected chi connectivity index (χ2v) is 8.73. The number of fused-ring (bicyclic) bond motifs is 1. The molecule has 0 heterocycles. The fraction of sp³-hybridized carbons (Fsp3) is 0. The zero-order valence-corrected chi connectivity index (χ0v) is 22.3. The zero-order chi connectivity index (χ0) is 22.3. The summed E-state index contributed by atoms with van der Waals surface area (Å²) in [6, 6.07) is 9.28. The van der Waals surface area contributed by atoms with E-state index in [-0.39, 0.29) is 92.6 Å². The molecule has 0 aliphatic heterocycles. The Hall–Kier alpha value is -1.46. The van der Waals surface area contributed by atoms with Crippen molar-refractivity contribution in [3.63, 3.8) is 0 Å². The van der Waals surface area contributed by atoms with Crippen LogP contribution in [0.3, 0.4) is 0 Å². The second-order valence-electron chi connectivity index (χ2n) is 5.92. The number of hydrogen-bond donors (Lipinski definition) is 3. The Labute approximate surface area is 226 Å². The van der Waals surface area contributed by atoms with Gasteiger partial charge in [0.2, 0.25) is 0 Å². The minimum atomic E-state index is -4.90. The average Bonchev–Trinajstić information content (AvgIpc) is 2.65. The molecular weight excluding hydrogens is 486 g/mol. The Bertz CT molecular complexity index is 1440. The molecule has 4 N–H and O–H groups in total. The van der Waals surface area contributed by atoms with Crippen LogP contribution in [0.5, 0.6) is 0 Å². The number of hydrogen-bond acceptors (Lipinski definition) is 9. The summed E-state index contributed by atoms with van der Waals surface area (Å²) in [6.07, 6.45) is 0. The predicted molar refractivity (Wildman–Crippen MR) is 117 cm³/mol. The maximum absolute atomic E-state index is 11.7. The number of anilines is 1. The van der Waals surface area contributed by atoms with E-state index in [2.05, 4.69) is 10.2 Å². The van der Waals surface area contributed by atoms with Gasteiger partial charge < -0.3 is 5.73 Å². The van der Waals surface area contributed by atoms with Crippen molar-refractivity contribution in [2.24, 2.45) is 10.2 Å². The van der Waals surface area contributed by atoms with Gasteiger partial charge in [0.25, 0.3) is 25.9 Å². The number of para-hydroxylation sites is 1. The van der Waals surface area contributed by atoms with Crippen LogP contribution in [0, 0.1) is 10.1 Å². The molecule has 3 aromatic carbocycles. The number of nitro benzene ring substituents is 1. The van der Waals surface area contributed by atoms with Crippen molar-refractivity contribution in [3.8, 4) is 0 Å². The van der Waals surface area contributed by atoms with E-state index in [0.29, 0.717) is 6.07 Å². The minimum absolute atomic E-state index is 0. The van der Waals surface area contributed by atoms with Gasteiger partial charge in [-0.15, -0.1) is 10.2 Å². The molecule has 16 heteroatoms. The molecular formula is C16H12N4Na2O8S2. The molecule has 0 aliphatic carbocycles. The average molecular weight is 498 g/mol. The maximum atomic E-state index is 11.7. The van der Waals surface area contributed by atoms with Crippen LogP contribution in [-0.4, -0.2) is 90.0 Å². The molecule has 0 saturated heterocycles. The smallest absolute Gasteiger partial charge is 0.296 e. The van der Waals surface area contributed by atoms with Crippen molar-refractivity contribution in [2.75, 3.05) is 5.73 Å². The van der Waals surface area contributed by atoms with E-state index < -0.39 is 35.0 Å². The number of nitro groups is 1. The summed E-state index contributed by atoms with van der Waals surface area (Å²) >= 11 is 0. The predicted octanol–water partition coefficient (Wildman–Crippen LogP) is 2.48. The minimum Gasteiger partial charge on any atom is -0.397 e. The number of benzene rings is 3. The van der Waals surface area contributed by atoms with Gasteiger partial charge in [0, 0.05) is 76.0 Å². The number of azo groups is 1. The van der Waals surface area contributed by atoms with Crippen molar-refractivity contribution >= 4 is 113 Å². The van der Waals surface area contributed by atoms with Crippen LogP contribution >= 0.6 is 0 Å². The van der Waals surface area contributed by atoms with Crippen LogP contribution in [0.2, 0.25) is 0 Å². The number of rotatable bonds is 5. The Morgan fingerprint density at radius 2 is 1.50 bits per heavy atom. The van der Waals surface area contributed by atoms with Gasteiger partial charge in [0.15, 0.2) is 5.69 Å².